The molecule has 0 aromatic rings. The van der Waals surface area contributed by atoms with Gasteiger partial charge in [0.2, 0.25) is 0 Å². The van der Waals surface area contributed by atoms with Crippen LogP contribution in [0.5, 0.6) is 0 Å². The van der Waals surface area contributed by atoms with Gasteiger partial charge in [-0.05, 0) is 31.1 Å². The van der Waals surface area contributed by atoms with Gasteiger partial charge in [0.1, 0.15) is 0 Å². The van der Waals surface area contributed by atoms with Gasteiger partial charge in [-0.15, -0.1) is 0 Å². The van der Waals surface area contributed by atoms with Crippen molar-refractivity contribution >= 4 is 0 Å². The summed E-state index contributed by atoms with van der Waals surface area (Å²) in [6.07, 6.45) is -1.77. The van der Waals surface area contributed by atoms with E-state index in [9.17, 15) is 18.3 Å². The lowest BCUT2D eigenvalue weighted by molar-refractivity contribution is -0.157. The molecule has 0 spiro atoms. The molecule has 15 heavy (non-hydrogen) atoms. The summed E-state index contributed by atoms with van der Waals surface area (Å²) in [5.41, 5.74) is 0. The van der Waals surface area contributed by atoms with E-state index in [1.807, 2.05) is 6.92 Å². The molecule has 4 heteroatoms. The summed E-state index contributed by atoms with van der Waals surface area (Å²) < 4.78 is 36.6. The summed E-state index contributed by atoms with van der Waals surface area (Å²) >= 11 is 0. The van der Waals surface area contributed by atoms with Crippen molar-refractivity contribution in [2.75, 3.05) is 0 Å². The molecule has 0 aliphatic heterocycles. The van der Waals surface area contributed by atoms with E-state index >= 15 is 0 Å². The van der Waals surface area contributed by atoms with Gasteiger partial charge in [0.25, 0.3) is 0 Å². The molecular formula is C11H19F3O. The average Bonchev–Trinajstić information content (AvgIpc) is 2.09. The summed E-state index contributed by atoms with van der Waals surface area (Å²) in [4.78, 5) is 0. The zero-order valence-electron chi connectivity index (χ0n) is 9.06. The Labute approximate surface area is 88.7 Å². The first kappa shape index (κ1) is 12.8. The van der Waals surface area contributed by atoms with E-state index in [1.54, 1.807) is 0 Å². The molecule has 0 aromatic carbocycles. The van der Waals surface area contributed by atoms with Gasteiger partial charge < -0.3 is 5.11 Å². The van der Waals surface area contributed by atoms with Crippen molar-refractivity contribution in [1.82, 2.24) is 0 Å². The number of alkyl halides is 3. The number of hydrogen-bond acceptors (Lipinski definition) is 1. The van der Waals surface area contributed by atoms with Gasteiger partial charge in [-0.1, -0.05) is 19.8 Å². The summed E-state index contributed by atoms with van der Waals surface area (Å²) in [6, 6.07) is 0. The van der Waals surface area contributed by atoms with Crippen molar-refractivity contribution in [3.8, 4) is 0 Å². The quantitative estimate of drug-likeness (QED) is 0.777. The fourth-order valence-corrected chi connectivity index (χ4v) is 2.53. The second-order valence-corrected chi connectivity index (χ2v) is 4.61. The van der Waals surface area contributed by atoms with Crippen LogP contribution in [0.1, 0.15) is 45.4 Å². The Hall–Kier alpha value is -0.250. The summed E-state index contributed by atoms with van der Waals surface area (Å²) in [6.45, 7) is 2.05. The lowest BCUT2D eigenvalue weighted by atomic mass is 9.76. The molecule has 0 saturated heterocycles. The predicted octanol–water partition coefficient (Wildman–Crippen LogP) is 3.52. The van der Waals surface area contributed by atoms with Crippen LogP contribution < -0.4 is 0 Å². The van der Waals surface area contributed by atoms with Crippen molar-refractivity contribution < 1.29 is 18.3 Å². The van der Waals surface area contributed by atoms with Gasteiger partial charge in [-0.3, -0.25) is 0 Å². The molecule has 0 heterocycles. The van der Waals surface area contributed by atoms with Gasteiger partial charge in [0.05, 0.1) is 6.10 Å². The molecule has 3 unspecified atom stereocenters. The molecule has 1 fully saturated rings. The normalized spacial score (nSPS) is 33.0. The summed E-state index contributed by atoms with van der Waals surface area (Å²) in [7, 11) is 0. The Bertz CT molecular complexity index is 191. The van der Waals surface area contributed by atoms with Gasteiger partial charge in [0.15, 0.2) is 0 Å². The Morgan fingerprint density at radius 3 is 2.47 bits per heavy atom. The highest BCUT2D eigenvalue weighted by atomic mass is 19.4. The second kappa shape index (κ2) is 5.19. The van der Waals surface area contributed by atoms with E-state index in [-0.39, 0.29) is 0 Å². The van der Waals surface area contributed by atoms with Gasteiger partial charge in [-0.25, -0.2) is 0 Å². The minimum Gasteiger partial charge on any atom is -0.393 e. The maximum absolute atomic E-state index is 12.2. The van der Waals surface area contributed by atoms with E-state index in [2.05, 4.69) is 0 Å². The van der Waals surface area contributed by atoms with E-state index < -0.39 is 24.6 Å². The average molecular weight is 224 g/mol. The van der Waals surface area contributed by atoms with E-state index in [4.69, 9.17) is 0 Å². The fourth-order valence-electron chi connectivity index (χ4n) is 2.53. The van der Waals surface area contributed by atoms with Crippen LogP contribution >= 0.6 is 0 Å². The largest absolute Gasteiger partial charge is 0.393 e. The summed E-state index contributed by atoms with van der Waals surface area (Å²) in [5.74, 6) is -0.193. The molecule has 3 atom stereocenters. The van der Waals surface area contributed by atoms with Crippen molar-refractivity contribution in [1.29, 1.82) is 0 Å². The number of halogens is 3. The molecule has 1 rings (SSSR count). The Morgan fingerprint density at radius 2 is 1.93 bits per heavy atom. The van der Waals surface area contributed by atoms with E-state index in [0.717, 1.165) is 19.3 Å². The number of aliphatic hydroxyl groups excluding tert-OH is 1. The molecule has 1 aliphatic carbocycles. The molecule has 0 aromatic heterocycles. The molecule has 1 aliphatic rings. The van der Waals surface area contributed by atoms with Crippen LogP contribution in [0.15, 0.2) is 0 Å². The lowest BCUT2D eigenvalue weighted by Gasteiger charge is -2.33. The summed E-state index contributed by atoms with van der Waals surface area (Å²) in [5, 5.41) is 9.52. The maximum Gasteiger partial charge on any atom is 0.389 e. The third kappa shape index (κ3) is 4.41. The van der Waals surface area contributed by atoms with Gasteiger partial charge >= 0.3 is 6.18 Å². The van der Waals surface area contributed by atoms with E-state index in [0.29, 0.717) is 18.8 Å². The molecule has 1 saturated carbocycles. The SMILES string of the molecule is CCCC1CCC(O)C(CC(F)(F)F)C1. The third-order valence-corrected chi connectivity index (χ3v) is 3.24. The van der Waals surface area contributed by atoms with Crippen LogP contribution in [0.25, 0.3) is 0 Å². The zero-order valence-corrected chi connectivity index (χ0v) is 9.06. The van der Waals surface area contributed by atoms with E-state index in [1.165, 1.54) is 0 Å². The van der Waals surface area contributed by atoms with Crippen LogP contribution in [0, 0.1) is 11.8 Å². The van der Waals surface area contributed by atoms with Crippen LogP contribution in [0.4, 0.5) is 13.2 Å². The van der Waals surface area contributed by atoms with Crippen molar-refractivity contribution in [2.24, 2.45) is 11.8 Å². The predicted molar refractivity (Wildman–Crippen MR) is 52.4 cm³/mol. The topological polar surface area (TPSA) is 20.2 Å². The Balaban J connectivity index is 2.46. The molecular weight excluding hydrogens is 205 g/mol. The molecule has 0 radical (unpaired) electrons. The van der Waals surface area contributed by atoms with Gasteiger partial charge in [0, 0.05) is 6.42 Å². The molecule has 0 bridgehead atoms. The highest BCUT2D eigenvalue weighted by Gasteiger charge is 2.38. The highest BCUT2D eigenvalue weighted by Crippen LogP contribution is 2.38. The van der Waals surface area contributed by atoms with Crippen LogP contribution in [0.3, 0.4) is 0 Å². The van der Waals surface area contributed by atoms with Crippen molar-refractivity contribution in [3.63, 3.8) is 0 Å². The molecule has 1 N–H and O–H groups in total. The molecule has 90 valence electrons. The fraction of sp³-hybridized carbons (Fsp3) is 1.00. The highest BCUT2D eigenvalue weighted by molar-refractivity contribution is 4.81. The van der Waals surface area contributed by atoms with Crippen LogP contribution in [0.2, 0.25) is 0 Å². The van der Waals surface area contributed by atoms with Crippen LogP contribution in [-0.4, -0.2) is 17.4 Å². The molecule has 0 amide bonds. The first-order valence-corrected chi connectivity index (χ1v) is 5.67. The van der Waals surface area contributed by atoms with Gasteiger partial charge in [-0.2, -0.15) is 13.2 Å². The second-order valence-electron chi connectivity index (χ2n) is 4.61. The first-order chi connectivity index (χ1) is 6.92. The smallest absolute Gasteiger partial charge is 0.389 e. The zero-order chi connectivity index (χ0) is 11.5. The van der Waals surface area contributed by atoms with Crippen LogP contribution in [-0.2, 0) is 0 Å². The third-order valence-electron chi connectivity index (χ3n) is 3.24. The number of hydrogen-bond donors (Lipinski definition) is 1. The van der Waals surface area contributed by atoms with Crippen molar-refractivity contribution in [3.05, 3.63) is 0 Å². The maximum atomic E-state index is 12.2. The Morgan fingerprint density at radius 1 is 1.27 bits per heavy atom. The number of rotatable bonds is 3. The number of aliphatic hydroxyl groups is 1. The standard InChI is InChI=1S/C11H19F3O/c1-2-3-8-4-5-10(15)9(6-8)7-11(12,13)14/h8-10,15H,2-7H2,1H3. The minimum absolute atomic E-state index is 0.380. The minimum atomic E-state index is -4.14. The molecule has 1 nitrogen and oxygen atoms in total. The lowest BCUT2D eigenvalue weighted by Crippen LogP contribution is -2.32. The Kier molecular flexibility index (Phi) is 4.44. The monoisotopic (exact) mass is 224 g/mol. The van der Waals surface area contributed by atoms with Crippen molar-refractivity contribution in [2.45, 2.75) is 57.7 Å². The first-order valence-electron chi connectivity index (χ1n) is 5.67.